The Bertz CT molecular complexity index is 2610. The van der Waals surface area contributed by atoms with Crippen LogP contribution in [0.2, 0.25) is 5.02 Å². The standard InChI is InChI=1S/C58H77ClN6O13/c1-33(2)27-47-55(71)76-45(12-9-13-48(67)65-43(29-38-18-24-46(74-8)42(59)28-38)54(70)63-32-58(6,7)56(72)77-47)35(5)51-52(78-51)39-20-14-36(15-21-39)19-25-49(68)75-31-37-16-22-41(23-17-37)64-53(69)40(11-10-26-62-57(61)73)30-44(66)50(60)34(3)4/h9,13-18,20-24,28,33-35,40,43,45,47,50-52H,10-12,19,25-27,29-32,60H2,1-8H3,(H,63,70)(H,64,69)(H,65,67)(H3,61,62,73)/b13-9+/t35-,40+,43+,45?,47-,50-,51+,52+/m0/s1. The maximum atomic E-state index is 13.9. The number of benzene rings is 3. The molecule has 0 aliphatic carbocycles. The van der Waals surface area contributed by atoms with Crippen LogP contribution >= 0.6 is 11.6 Å². The number of rotatable bonds is 23. The predicted octanol–water partition coefficient (Wildman–Crippen LogP) is 6.75. The fourth-order valence-corrected chi connectivity index (χ4v) is 9.02. The van der Waals surface area contributed by atoms with Crippen LogP contribution < -0.4 is 37.5 Å². The number of carbonyl (C=O) groups is 8. The van der Waals surface area contributed by atoms with Crippen LogP contribution in [0.5, 0.6) is 5.75 Å². The minimum Gasteiger partial charge on any atom is -0.495 e. The van der Waals surface area contributed by atoms with Gasteiger partial charge < -0.3 is 56.4 Å². The molecule has 5 rings (SSSR count). The Balaban J connectivity index is 1.17. The van der Waals surface area contributed by atoms with Crippen LogP contribution in [-0.2, 0) is 72.0 Å². The number of aryl methyl sites for hydroxylation is 1. The molecule has 19 nitrogen and oxygen atoms in total. The van der Waals surface area contributed by atoms with Crippen molar-refractivity contribution in [3.05, 3.63) is 106 Å². The van der Waals surface area contributed by atoms with Crippen molar-refractivity contribution in [3.8, 4) is 5.75 Å². The van der Waals surface area contributed by atoms with Crippen molar-refractivity contribution >= 4 is 64.7 Å². The average Bonchev–Trinajstić information content (AvgIpc) is 4.21. The Morgan fingerprint density at radius 1 is 0.910 bits per heavy atom. The van der Waals surface area contributed by atoms with E-state index < -0.39 is 77.3 Å². The zero-order chi connectivity index (χ0) is 57.3. The van der Waals surface area contributed by atoms with E-state index in [1.165, 1.54) is 13.2 Å². The van der Waals surface area contributed by atoms with Crippen molar-refractivity contribution in [1.29, 1.82) is 0 Å². The number of halogens is 1. The highest BCUT2D eigenvalue weighted by atomic mass is 35.5. The molecule has 1 unspecified atom stereocenters. The van der Waals surface area contributed by atoms with Crippen LogP contribution in [0.1, 0.15) is 115 Å². The number of cyclic esters (lactones) is 2. The van der Waals surface area contributed by atoms with Gasteiger partial charge in [-0.1, -0.05) is 94.8 Å². The van der Waals surface area contributed by atoms with E-state index in [2.05, 4.69) is 21.3 Å². The highest BCUT2D eigenvalue weighted by Gasteiger charge is 2.48. The Kier molecular flexibility index (Phi) is 23.2. The normalized spacial score (nSPS) is 21.4. The molecule has 3 aromatic carbocycles. The lowest BCUT2D eigenvalue weighted by atomic mass is 9.90. The number of carbonyl (C=O) groups excluding carboxylic acids is 8. The summed E-state index contributed by atoms with van der Waals surface area (Å²) in [5, 5.41) is 11.2. The molecular weight excluding hydrogens is 1020 g/mol. The summed E-state index contributed by atoms with van der Waals surface area (Å²) in [6.07, 6.45) is 1.75. The molecule has 3 aromatic rings. The lowest BCUT2D eigenvalue weighted by Gasteiger charge is -2.29. The summed E-state index contributed by atoms with van der Waals surface area (Å²) in [4.78, 5) is 105. The number of anilines is 1. The lowest BCUT2D eigenvalue weighted by molar-refractivity contribution is -0.179. The minimum absolute atomic E-state index is 0.0172. The summed E-state index contributed by atoms with van der Waals surface area (Å²) >= 11 is 6.38. The highest BCUT2D eigenvalue weighted by Crippen LogP contribution is 2.45. The Hall–Kier alpha value is -6.83. The maximum absolute atomic E-state index is 13.9. The number of urea groups is 1. The first-order valence-electron chi connectivity index (χ1n) is 26.5. The van der Waals surface area contributed by atoms with Crippen molar-refractivity contribution in [2.75, 3.05) is 25.5 Å². The Morgan fingerprint density at radius 2 is 1.59 bits per heavy atom. The van der Waals surface area contributed by atoms with Gasteiger partial charge >= 0.3 is 23.9 Å². The molecular formula is C58H77ClN6O13. The first kappa shape index (κ1) is 62.0. The Labute approximate surface area is 461 Å². The molecule has 0 bridgehead atoms. The molecule has 8 N–H and O–H groups in total. The second kappa shape index (κ2) is 29.2. The van der Waals surface area contributed by atoms with E-state index in [9.17, 15) is 38.4 Å². The molecule has 78 heavy (non-hydrogen) atoms. The van der Waals surface area contributed by atoms with Crippen molar-refractivity contribution in [3.63, 3.8) is 0 Å². The summed E-state index contributed by atoms with van der Waals surface area (Å²) < 4.78 is 29.0. The molecule has 2 aliphatic heterocycles. The average molecular weight is 1100 g/mol. The Morgan fingerprint density at radius 3 is 2.23 bits per heavy atom. The van der Waals surface area contributed by atoms with E-state index in [4.69, 9.17) is 46.8 Å². The third-order valence-corrected chi connectivity index (χ3v) is 14.1. The second-order valence-electron chi connectivity index (χ2n) is 21.5. The van der Waals surface area contributed by atoms with Crippen molar-refractivity contribution < 1.29 is 62.0 Å². The first-order chi connectivity index (χ1) is 36.9. The van der Waals surface area contributed by atoms with Gasteiger partial charge in [0.1, 0.15) is 30.6 Å². The van der Waals surface area contributed by atoms with E-state index in [-0.39, 0.29) is 87.5 Å². The number of epoxide rings is 1. The zero-order valence-electron chi connectivity index (χ0n) is 45.9. The highest BCUT2D eigenvalue weighted by molar-refractivity contribution is 6.32. The summed E-state index contributed by atoms with van der Waals surface area (Å²) in [7, 11) is 1.49. The predicted molar refractivity (Wildman–Crippen MR) is 293 cm³/mol. The van der Waals surface area contributed by atoms with Gasteiger partial charge in [0.25, 0.3) is 0 Å². The van der Waals surface area contributed by atoms with Gasteiger partial charge in [-0.15, -0.1) is 0 Å². The summed E-state index contributed by atoms with van der Waals surface area (Å²) in [6.45, 7) is 12.7. The quantitative estimate of drug-likeness (QED) is 0.0248. The van der Waals surface area contributed by atoms with Gasteiger partial charge in [-0.3, -0.25) is 28.8 Å². The van der Waals surface area contributed by atoms with Crippen molar-refractivity contribution in [2.24, 2.45) is 40.6 Å². The molecule has 424 valence electrons. The largest absolute Gasteiger partial charge is 0.495 e. The van der Waals surface area contributed by atoms with Gasteiger partial charge in [0.2, 0.25) is 17.7 Å². The monoisotopic (exact) mass is 1100 g/mol. The summed E-state index contributed by atoms with van der Waals surface area (Å²) in [5.41, 5.74) is 13.6. The summed E-state index contributed by atoms with van der Waals surface area (Å²) in [6, 6.07) is 17.1. The second-order valence-corrected chi connectivity index (χ2v) is 21.9. The molecule has 1 fully saturated rings. The molecule has 8 atom stereocenters. The van der Waals surface area contributed by atoms with Crippen molar-refractivity contribution in [2.45, 2.75) is 143 Å². The number of methoxy groups -OCH3 is 1. The maximum Gasteiger partial charge on any atom is 0.347 e. The third-order valence-electron chi connectivity index (χ3n) is 13.8. The molecule has 5 amide bonds. The molecule has 2 heterocycles. The van der Waals surface area contributed by atoms with Gasteiger partial charge in [-0.25, -0.2) is 9.59 Å². The van der Waals surface area contributed by atoms with Crippen LogP contribution in [0, 0.1) is 29.1 Å². The number of primary amides is 1. The van der Waals surface area contributed by atoms with E-state index in [1.807, 2.05) is 58.9 Å². The van der Waals surface area contributed by atoms with Crippen LogP contribution in [0.4, 0.5) is 10.5 Å². The fourth-order valence-electron chi connectivity index (χ4n) is 8.74. The van der Waals surface area contributed by atoms with Gasteiger partial charge in [0, 0.05) is 56.3 Å². The number of hydrogen-bond acceptors (Lipinski definition) is 14. The fraction of sp³-hybridized carbons (Fsp3) is 0.517. The molecule has 0 spiro atoms. The lowest BCUT2D eigenvalue weighted by Crippen LogP contribution is -2.51. The van der Waals surface area contributed by atoms with E-state index >= 15 is 0 Å². The number of nitrogens with two attached hydrogens (primary N) is 2. The van der Waals surface area contributed by atoms with Gasteiger partial charge in [-0.2, -0.15) is 0 Å². The van der Waals surface area contributed by atoms with E-state index in [0.29, 0.717) is 46.8 Å². The van der Waals surface area contributed by atoms with Gasteiger partial charge in [0.15, 0.2) is 11.9 Å². The molecule has 0 saturated carbocycles. The number of esters is 3. The van der Waals surface area contributed by atoms with Crippen LogP contribution in [0.25, 0.3) is 0 Å². The van der Waals surface area contributed by atoms with Crippen molar-refractivity contribution in [1.82, 2.24) is 16.0 Å². The van der Waals surface area contributed by atoms with Crippen LogP contribution in [0.15, 0.2) is 78.9 Å². The first-order valence-corrected chi connectivity index (χ1v) is 26.9. The number of nitrogens with one attached hydrogen (secondary N) is 4. The topological polar surface area (TPSA) is 286 Å². The molecule has 20 heteroatoms. The molecule has 2 aliphatic rings. The minimum atomic E-state index is -1.27. The number of ether oxygens (including phenoxy) is 5. The third kappa shape index (κ3) is 19.3. The smallest absolute Gasteiger partial charge is 0.347 e. The van der Waals surface area contributed by atoms with Crippen LogP contribution in [-0.4, -0.2) is 98.0 Å². The summed E-state index contributed by atoms with van der Waals surface area (Å²) in [5.74, 6) is -4.26. The van der Waals surface area contributed by atoms with E-state index in [1.54, 1.807) is 62.4 Å². The SMILES string of the molecule is COc1ccc(C[C@H]2NC(=O)/C=C/CC([C@H](C)[C@H]3O[C@@H]3c3ccc(CCC(=O)OCc4ccc(NC(=O)[C@H](CCCNC(N)=O)CC(=O)[C@@H](N)C(C)C)cc4)cc3)OC(=O)[C@H](CC(C)C)OC(=O)C(C)(C)CNC2=O)cc1Cl. The number of ketones is 1. The molecule has 1 saturated heterocycles. The van der Waals surface area contributed by atoms with Gasteiger partial charge in [-0.05, 0) is 104 Å². The number of amides is 5. The molecule has 0 aromatic heterocycles. The zero-order valence-corrected chi connectivity index (χ0v) is 46.7. The number of hydrogen-bond donors (Lipinski definition) is 6. The van der Waals surface area contributed by atoms with Gasteiger partial charge in [0.05, 0.1) is 29.7 Å². The number of Topliss-reactive ketones (excluding diaryl/α,β-unsaturated/α-hetero) is 1. The van der Waals surface area contributed by atoms with Crippen LogP contribution in [0.3, 0.4) is 0 Å². The van der Waals surface area contributed by atoms with E-state index in [0.717, 1.165) is 11.1 Å². The molecule has 0 radical (unpaired) electrons.